The minimum Gasteiger partial charge on any atom is -0.463 e. The zero-order chi connectivity index (χ0) is 27.3. The molecular formula is C24H30N3O7PS2. The summed E-state index contributed by atoms with van der Waals surface area (Å²) in [7, 11) is -3.93. The lowest BCUT2D eigenvalue weighted by Crippen LogP contribution is -2.32. The number of H-pyrrole nitrogens is 1. The van der Waals surface area contributed by atoms with Crippen LogP contribution in [-0.4, -0.2) is 57.7 Å². The lowest BCUT2D eigenvalue weighted by molar-refractivity contribution is -0.151. The van der Waals surface area contributed by atoms with Gasteiger partial charge < -0.3 is 28.9 Å². The molecule has 1 aliphatic heterocycles. The molecule has 6 atom stereocenters. The minimum atomic E-state index is -3.93. The van der Waals surface area contributed by atoms with Crippen LogP contribution in [-0.2, 0) is 23.4 Å². The van der Waals surface area contributed by atoms with Crippen molar-refractivity contribution in [3.05, 3.63) is 62.9 Å². The zero-order valence-electron chi connectivity index (χ0n) is 20.9. The Balaban J connectivity index is 1.81. The number of nitrogens with zero attached hydrogens (tertiary/aromatic N) is 2. The average molecular weight is 568 g/mol. The highest BCUT2D eigenvalue weighted by atomic mass is 32.1. The molecule has 37 heavy (non-hydrogen) atoms. The number of rotatable bonds is 10. The van der Waals surface area contributed by atoms with Crippen LogP contribution in [0.3, 0.4) is 0 Å². The summed E-state index contributed by atoms with van der Waals surface area (Å²) >= 11 is 10.6. The number of aliphatic hydroxyl groups excluding tert-OH is 1. The lowest BCUT2D eigenvalue weighted by Gasteiger charge is -2.24. The Morgan fingerprint density at radius 1 is 1.30 bits per heavy atom. The number of aliphatic hydroxyl groups is 1. The molecule has 1 aliphatic rings. The smallest absolute Gasteiger partial charge is 0.380 e. The summed E-state index contributed by atoms with van der Waals surface area (Å²) in [5.74, 6) is -1.03. The normalized spacial score (nSPS) is 23.7. The van der Waals surface area contributed by atoms with Crippen LogP contribution in [0.2, 0.25) is 0 Å². The van der Waals surface area contributed by atoms with Crippen molar-refractivity contribution in [1.29, 1.82) is 0 Å². The molecule has 10 nitrogen and oxygen atoms in total. The first-order valence-corrected chi connectivity index (χ1v) is 14.2. The number of aromatic nitrogens is 2. The van der Waals surface area contributed by atoms with Crippen LogP contribution in [0.15, 0.2) is 36.5 Å². The molecule has 2 unspecified atom stereocenters. The molecule has 2 heterocycles. The fourth-order valence-corrected chi connectivity index (χ4v) is 6.06. The van der Waals surface area contributed by atoms with E-state index in [4.69, 9.17) is 49.5 Å². The number of hydrogen-bond donors (Lipinski definition) is 2. The molecule has 3 rings (SSSR count). The van der Waals surface area contributed by atoms with Gasteiger partial charge in [-0.2, -0.15) is 0 Å². The molecule has 0 radical (unpaired) electrons. The van der Waals surface area contributed by atoms with Gasteiger partial charge in [0, 0.05) is 11.8 Å². The maximum absolute atomic E-state index is 13.8. The summed E-state index contributed by atoms with van der Waals surface area (Å²) in [4.78, 5) is 18.8. The Bertz CT molecular complexity index is 1310. The molecule has 0 bridgehead atoms. The second kappa shape index (κ2) is 12.4. The number of aryl methyl sites for hydroxylation is 1. The van der Waals surface area contributed by atoms with Gasteiger partial charge in [-0.15, -0.1) is 0 Å². The molecule has 1 fully saturated rings. The van der Waals surface area contributed by atoms with Gasteiger partial charge in [-0.25, -0.2) is 11.1 Å². The van der Waals surface area contributed by atoms with Crippen molar-refractivity contribution in [2.24, 2.45) is 5.92 Å². The highest BCUT2D eigenvalue weighted by Gasteiger charge is 2.51. The maximum atomic E-state index is 13.8. The fraction of sp³-hybridized carbons (Fsp3) is 0.500. The molecule has 0 spiro atoms. The van der Waals surface area contributed by atoms with Crippen LogP contribution in [0.4, 0.5) is 0 Å². The van der Waals surface area contributed by atoms with Gasteiger partial charge in [0.2, 0.25) is 6.23 Å². The molecule has 200 valence electrons. The highest BCUT2D eigenvalue weighted by molar-refractivity contribution is 7.72. The van der Waals surface area contributed by atoms with E-state index in [2.05, 4.69) is 9.83 Å². The topological polar surface area (TPSA) is 116 Å². The van der Waals surface area contributed by atoms with Crippen molar-refractivity contribution in [2.75, 3.05) is 12.8 Å². The van der Waals surface area contributed by atoms with Crippen LogP contribution < -0.4 is 4.52 Å². The highest BCUT2D eigenvalue weighted by Crippen LogP contribution is 2.50. The molecule has 2 N–H and O–H groups in total. The third kappa shape index (κ3) is 7.35. The van der Waals surface area contributed by atoms with Gasteiger partial charge in [0.25, 0.3) is 6.04 Å². The summed E-state index contributed by atoms with van der Waals surface area (Å²) in [6.07, 6.45) is -2.14. The van der Waals surface area contributed by atoms with E-state index < -0.39 is 44.0 Å². The number of benzene rings is 1. The predicted molar refractivity (Wildman–Crippen MR) is 141 cm³/mol. The number of carbonyl (C=O) groups is 1. The minimum absolute atomic E-state index is 0.235. The van der Waals surface area contributed by atoms with Crippen LogP contribution in [0.25, 0.3) is 4.85 Å². The van der Waals surface area contributed by atoms with Crippen LogP contribution in [0, 0.1) is 28.8 Å². The van der Waals surface area contributed by atoms with Gasteiger partial charge in [-0.3, -0.25) is 13.9 Å². The molecule has 1 aromatic carbocycles. The fourth-order valence-electron chi connectivity index (χ4n) is 3.72. The van der Waals surface area contributed by atoms with Crippen LogP contribution in [0.1, 0.15) is 32.6 Å². The SMILES string of the molecule is [C-]#[N+][C@@H]1C(O)[C@H](COP(=O)(C[C@@H](C)C(=O)OC(C)C)Oc2ccccc2)O[C@@H]1n1cc(C)c(=S)[nH]c1=S. The summed E-state index contributed by atoms with van der Waals surface area (Å²) in [5.41, 5.74) is 0.716. The van der Waals surface area contributed by atoms with Gasteiger partial charge in [0.15, 0.2) is 10.9 Å². The Morgan fingerprint density at radius 2 is 1.97 bits per heavy atom. The number of aromatic amines is 1. The van der Waals surface area contributed by atoms with E-state index in [-0.39, 0.29) is 23.6 Å². The first-order valence-electron chi connectivity index (χ1n) is 11.6. The van der Waals surface area contributed by atoms with Gasteiger partial charge in [0.1, 0.15) is 16.5 Å². The van der Waals surface area contributed by atoms with Crippen molar-refractivity contribution >= 4 is 38.0 Å². The third-order valence-corrected chi connectivity index (χ3v) is 8.34. The molecular weight excluding hydrogens is 537 g/mol. The standard InChI is InChI=1S/C24H30N3O7PS2/c1-14(2)32-23(29)16(4)13-35(30,34-17-9-7-6-8-10-17)31-12-18-20(28)19(25-5)22(33-18)27-11-15(3)21(36)26-24(27)37/h6-11,14,16,18-20,22,28H,12-13H2,1-4H3,(H,26,36,37)/t16-,18+,19-,20?,22+,35?/m1/s1. The van der Waals surface area contributed by atoms with E-state index in [1.54, 1.807) is 64.2 Å². The summed E-state index contributed by atoms with van der Waals surface area (Å²) < 4.78 is 38.7. The van der Waals surface area contributed by atoms with Crippen molar-refractivity contribution in [1.82, 2.24) is 9.55 Å². The lowest BCUT2D eigenvalue weighted by atomic mass is 10.1. The Hall–Kier alpha value is -2.39. The van der Waals surface area contributed by atoms with Crippen LogP contribution in [0.5, 0.6) is 5.75 Å². The summed E-state index contributed by atoms with van der Waals surface area (Å²) in [6, 6.07) is 7.42. The molecule has 0 saturated carbocycles. The maximum Gasteiger partial charge on any atom is 0.380 e. The van der Waals surface area contributed by atoms with E-state index in [0.717, 1.165) is 0 Å². The van der Waals surface area contributed by atoms with Crippen molar-refractivity contribution in [2.45, 2.75) is 58.3 Å². The molecule has 0 aliphatic carbocycles. The van der Waals surface area contributed by atoms with E-state index in [1.807, 2.05) is 0 Å². The third-order valence-electron chi connectivity index (χ3n) is 5.58. The molecule has 2 aromatic rings. The average Bonchev–Trinajstić information content (AvgIpc) is 3.15. The van der Waals surface area contributed by atoms with Crippen molar-refractivity contribution in [3.8, 4) is 5.75 Å². The number of hydrogen-bond acceptors (Lipinski definition) is 9. The number of para-hydroxylation sites is 1. The molecule has 1 aromatic heterocycles. The largest absolute Gasteiger partial charge is 0.463 e. The van der Waals surface area contributed by atoms with E-state index in [0.29, 0.717) is 16.0 Å². The number of ether oxygens (including phenoxy) is 2. The Kier molecular flexibility index (Phi) is 9.80. The number of esters is 1. The zero-order valence-corrected chi connectivity index (χ0v) is 23.4. The first-order chi connectivity index (χ1) is 17.4. The summed E-state index contributed by atoms with van der Waals surface area (Å²) in [6.45, 7) is 14.0. The first kappa shape index (κ1) is 29.2. The number of nitrogens with one attached hydrogen (secondary N) is 1. The van der Waals surface area contributed by atoms with E-state index in [9.17, 15) is 14.5 Å². The monoisotopic (exact) mass is 567 g/mol. The Labute approximate surface area is 225 Å². The van der Waals surface area contributed by atoms with Gasteiger partial charge >= 0.3 is 13.6 Å². The second-order valence-electron chi connectivity index (χ2n) is 9.03. The molecule has 0 amide bonds. The molecule has 13 heteroatoms. The quantitative estimate of drug-likeness (QED) is 0.177. The van der Waals surface area contributed by atoms with Crippen LogP contribution >= 0.6 is 32.0 Å². The van der Waals surface area contributed by atoms with Gasteiger partial charge in [-0.05, 0) is 45.1 Å². The van der Waals surface area contributed by atoms with Gasteiger partial charge in [0.05, 0.1) is 24.8 Å². The number of carbonyl (C=O) groups excluding carboxylic acids is 1. The second-order valence-corrected chi connectivity index (χ2v) is 11.9. The predicted octanol–water partition coefficient (Wildman–Crippen LogP) is 5.01. The Morgan fingerprint density at radius 3 is 2.59 bits per heavy atom. The molecule has 1 saturated heterocycles. The van der Waals surface area contributed by atoms with E-state index >= 15 is 0 Å². The van der Waals surface area contributed by atoms with E-state index in [1.165, 1.54) is 4.57 Å². The van der Waals surface area contributed by atoms with Gasteiger partial charge in [-0.1, -0.05) is 37.3 Å². The summed E-state index contributed by atoms with van der Waals surface area (Å²) in [5, 5.41) is 10.8. The van der Waals surface area contributed by atoms with Crippen molar-refractivity contribution < 1.29 is 33.0 Å². The van der Waals surface area contributed by atoms with Crippen molar-refractivity contribution in [3.63, 3.8) is 0 Å².